The molecule has 0 spiro atoms. The second kappa shape index (κ2) is 4.55. The van der Waals surface area contributed by atoms with E-state index in [4.69, 9.17) is 11.5 Å². The largest absolute Gasteiger partial charge is 0.399 e. The Morgan fingerprint density at radius 3 is 2.85 bits per heavy atom. The first-order valence-corrected chi connectivity index (χ1v) is 4.46. The first-order chi connectivity index (χ1) is 6.29. The highest BCUT2D eigenvalue weighted by Gasteiger charge is 2.39. The lowest BCUT2D eigenvalue weighted by atomic mass is 9.79. The van der Waals surface area contributed by atoms with Crippen LogP contribution in [0.15, 0.2) is 5.16 Å². The van der Waals surface area contributed by atoms with Gasteiger partial charge in [-0.25, -0.2) is 0 Å². The van der Waals surface area contributed by atoms with E-state index in [-0.39, 0.29) is 11.3 Å². The summed E-state index contributed by atoms with van der Waals surface area (Å²) in [6, 6.07) is 0. The van der Waals surface area contributed by atoms with E-state index < -0.39 is 0 Å². The van der Waals surface area contributed by atoms with Gasteiger partial charge in [-0.2, -0.15) is 0 Å². The van der Waals surface area contributed by atoms with Gasteiger partial charge in [0.25, 0.3) is 0 Å². The van der Waals surface area contributed by atoms with Crippen molar-refractivity contribution in [2.24, 2.45) is 28.0 Å². The van der Waals surface area contributed by atoms with Gasteiger partial charge in [-0.1, -0.05) is 5.16 Å². The van der Waals surface area contributed by atoms with Gasteiger partial charge in [0.05, 0.1) is 0 Å². The van der Waals surface area contributed by atoms with Crippen LogP contribution in [0, 0.1) is 11.3 Å². The van der Waals surface area contributed by atoms with Crippen molar-refractivity contribution in [3.63, 3.8) is 0 Å². The molecule has 0 aromatic heterocycles. The summed E-state index contributed by atoms with van der Waals surface area (Å²) in [7, 11) is 1.53. The monoisotopic (exact) mass is 186 g/mol. The molecule has 1 aliphatic rings. The molecule has 0 saturated carbocycles. The molecule has 5 nitrogen and oxygen atoms in total. The van der Waals surface area contributed by atoms with Gasteiger partial charge in [0.1, 0.15) is 7.11 Å². The van der Waals surface area contributed by atoms with E-state index in [1.54, 1.807) is 6.21 Å². The third-order valence-electron chi connectivity index (χ3n) is 2.79. The number of nitrogens with zero attached hydrogens (tertiary/aromatic N) is 1. The van der Waals surface area contributed by atoms with Gasteiger partial charge >= 0.3 is 0 Å². The molecule has 1 aliphatic heterocycles. The van der Waals surface area contributed by atoms with Crippen LogP contribution in [0.2, 0.25) is 0 Å². The minimum Gasteiger partial charge on any atom is -0.399 e. The van der Waals surface area contributed by atoms with Gasteiger partial charge in [0, 0.05) is 43.7 Å². The zero-order valence-corrected chi connectivity index (χ0v) is 7.99. The van der Waals surface area contributed by atoms with E-state index in [0.717, 1.165) is 13.1 Å². The highest BCUT2D eigenvalue weighted by molar-refractivity contribution is 5.62. The first-order valence-electron chi connectivity index (χ1n) is 4.46. The Hall–Kier alpha value is -0.650. The lowest BCUT2D eigenvalue weighted by molar-refractivity contribution is 0.209. The molecule has 5 heteroatoms. The van der Waals surface area contributed by atoms with Crippen LogP contribution < -0.4 is 16.8 Å². The van der Waals surface area contributed by atoms with Gasteiger partial charge in [0.2, 0.25) is 0 Å². The summed E-state index contributed by atoms with van der Waals surface area (Å²) in [4.78, 5) is 4.65. The number of rotatable bonds is 4. The Morgan fingerprint density at radius 2 is 2.31 bits per heavy atom. The molecule has 0 radical (unpaired) electrons. The smallest absolute Gasteiger partial charge is 0.106 e. The summed E-state index contributed by atoms with van der Waals surface area (Å²) in [5.74, 6) is 0.280. The normalized spacial score (nSPS) is 26.8. The maximum Gasteiger partial charge on any atom is 0.106 e. The highest BCUT2D eigenvalue weighted by Crippen LogP contribution is 2.27. The Bertz CT molecular complexity index is 179. The summed E-state index contributed by atoms with van der Waals surface area (Å²) in [5, 5.41) is 7.04. The predicted octanol–water partition coefficient (Wildman–Crippen LogP) is -1.26. The van der Waals surface area contributed by atoms with Crippen molar-refractivity contribution in [2.45, 2.75) is 0 Å². The van der Waals surface area contributed by atoms with Gasteiger partial charge in [0.15, 0.2) is 0 Å². The minimum atomic E-state index is -0.0397. The third kappa shape index (κ3) is 1.99. The van der Waals surface area contributed by atoms with Crippen LogP contribution in [0.1, 0.15) is 0 Å². The molecule has 0 amide bonds. The van der Waals surface area contributed by atoms with Gasteiger partial charge in [-0.3, -0.25) is 0 Å². The van der Waals surface area contributed by atoms with Crippen LogP contribution in [-0.4, -0.2) is 39.5 Å². The molecule has 5 N–H and O–H groups in total. The van der Waals surface area contributed by atoms with E-state index in [1.165, 1.54) is 7.11 Å². The minimum absolute atomic E-state index is 0.0397. The summed E-state index contributed by atoms with van der Waals surface area (Å²) >= 11 is 0. The van der Waals surface area contributed by atoms with E-state index in [2.05, 4.69) is 15.3 Å². The second-order valence-corrected chi connectivity index (χ2v) is 3.45. The van der Waals surface area contributed by atoms with Crippen LogP contribution in [0.4, 0.5) is 0 Å². The summed E-state index contributed by atoms with van der Waals surface area (Å²) in [6.07, 6.45) is 1.79. The fourth-order valence-electron chi connectivity index (χ4n) is 1.70. The van der Waals surface area contributed by atoms with Crippen molar-refractivity contribution >= 4 is 6.21 Å². The van der Waals surface area contributed by atoms with E-state index in [9.17, 15) is 0 Å². The van der Waals surface area contributed by atoms with Crippen molar-refractivity contribution in [3.05, 3.63) is 0 Å². The number of oxime groups is 1. The van der Waals surface area contributed by atoms with Crippen LogP contribution in [-0.2, 0) is 4.84 Å². The molecular formula is C8H18N4O. The Balaban J connectivity index is 2.66. The van der Waals surface area contributed by atoms with E-state index in [0.29, 0.717) is 13.1 Å². The zero-order valence-electron chi connectivity index (χ0n) is 7.99. The maximum atomic E-state index is 5.72. The predicted molar refractivity (Wildman–Crippen MR) is 52.4 cm³/mol. The lowest BCUT2D eigenvalue weighted by Gasteiger charge is -2.29. The lowest BCUT2D eigenvalue weighted by Crippen LogP contribution is -2.45. The fraction of sp³-hybridized carbons (Fsp3) is 0.875. The van der Waals surface area contributed by atoms with Gasteiger partial charge in [-0.15, -0.1) is 0 Å². The summed E-state index contributed by atoms with van der Waals surface area (Å²) in [5.41, 5.74) is 11.4. The first kappa shape index (κ1) is 10.4. The topological polar surface area (TPSA) is 85.7 Å². The Labute approximate surface area is 78.5 Å². The molecule has 1 rings (SSSR count). The molecule has 1 heterocycles. The van der Waals surface area contributed by atoms with Gasteiger partial charge < -0.3 is 21.6 Å². The molecule has 13 heavy (non-hydrogen) atoms. The quantitative estimate of drug-likeness (QED) is 0.378. The van der Waals surface area contributed by atoms with Crippen molar-refractivity contribution < 1.29 is 4.84 Å². The molecule has 76 valence electrons. The maximum absolute atomic E-state index is 5.72. The number of nitrogens with one attached hydrogen (secondary N) is 1. The summed E-state index contributed by atoms with van der Waals surface area (Å²) in [6.45, 7) is 2.90. The van der Waals surface area contributed by atoms with Crippen LogP contribution >= 0.6 is 0 Å². The average molecular weight is 186 g/mol. The number of nitrogens with two attached hydrogens (primary N) is 2. The molecule has 0 aliphatic carbocycles. The fourth-order valence-corrected chi connectivity index (χ4v) is 1.70. The Kier molecular flexibility index (Phi) is 3.65. The van der Waals surface area contributed by atoms with Crippen molar-refractivity contribution in [2.75, 3.05) is 33.3 Å². The SMILES string of the molecule is CON=CC1CNCC1(CN)CN. The van der Waals surface area contributed by atoms with Crippen molar-refractivity contribution in [1.82, 2.24) is 5.32 Å². The third-order valence-corrected chi connectivity index (χ3v) is 2.79. The highest BCUT2D eigenvalue weighted by atomic mass is 16.6. The molecule has 0 bridgehead atoms. The molecule has 0 aromatic rings. The number of hydrogen-bond donors (Lipinski definition) is 3. The average Bonchev–Trinajstić information content (AvgIpc) is 2.58. The van der Waals surface area contributed by atoms with Gasteiger partial charge in [-0.05, 0) is 0 Å². The Morgan fingerprint density at radius 1 is 1.62 bits per heavy atom. The second-order valence-electron chi connectivity index (χ2n) is 3.45. The van der Waals surface area contributed by atoms with E-state index >= 15 is 0 Å². The van der Waals surface area contributed by atoms with Crippen molar-refractivity contribution in [1.29, 1.82) is 0 Å². The molecule has 1 atom stereocenters. The summed E-state index contributed by atoms with van der Waals surface area (Å²) < 4.78 is 0. The van der Waals surface area contributed by atoms with E-state index in [1.807, 2.05) is 0 Å². The van der Waals surface area contributed by atoms with Crippen LogP contribution in [0.3, 0.4) is 0 Å². The molecule has 1 saturated heterocycles. The van der Waals surface area contributed by atoms with Crippen molar-refractivity contribution in [3.8, 4) is 0 Å². The number of hydrogen-bond acceptors (Lipinski definition) is 5. The molecule has 1 unspecified atom stereocenters. The zero-order chi connectivity index (χ0) is 9.73. The van der Waals surface area contributed by atoms with Crippen LogP contribution in [0.5, 0.6) is 0 Å². The molecular weight excluding hydrogens is 168 g/mol. The molecule has 0 aromatic carbocycles. The molecule has 1 fully saturated rings. The van der Waals surface area contributed by atoms with Crippen LogP contribution in [0.25, 0.3) is 0 Å². The standard InChI is InChI=1S/C8H18N4O/c1-13-12-3-7-2-11-6-8(7,4-9)5-10/h3,7,11H,2,4-6,9-10H2,1H3.